The summed E-state index contributed by atoms with van der Waals surface area (Å²) in [5.41, 5.74) is 1.55. The topological polar surface area (TPSA) is 25.8 Å². The molecule has 84 valence electrons. The smallest absolute Gasteiger partial charge is 0.125 e. The lowest BCUT2D eigenvalue weighted by Crippen LogP contribution is -2.22. The number of rotatable bonds is 5. The molecule has 2 heteroatoms. The third-order valence-corrected chi connectivity index (χ3v) is 3.08. The van der Waals surface area contributed by atoms with Gasteiger partial charge in [0, 0.05) is 12.4 Å². The highest BCUT2D eigenvalue weighted by molar-refractivity contribution is 5.18. The summed E-state index contributed by atoms with van der Waals surface area (Å²) in [6.45, 7) is 8.74. The van der Waals surface area contributed by atoms with Gasteiger partial charge in [-0.05, 0) is 30.7 Å². The van der Waals surface area contributed by atoms with Crippen molar-refractivity contribution in [2.24, 2.45) is 0 Å². The molecule has 1 aromatic heterocycles. The first-order valence-electron chi connectivity index (χ1n) is 5.91. The second kappa shape index (κ2) is 5.24. The van der Waals surface area contributed by atoms with Gasteiger partial charge in [0.05, 0.1) is 0 Å². The molecule has 0 saturated heterocycles. The number of aromatic nitrogens is 2. The van der Waals surface area contributed by atoms with Gasteiger partial charge in [0.2, 0.25) is 0 Å². The van der Waals surface area contributed by atoms with E-state index in [-0.39, 0.29) is 5.41 Å². The molecule has 0 aliphatic carbocycles. The summed E-state index contributed by atoms with van der Waals surface area (Å²) in [7, 11) is 0. The van der Waals surface area contributed by atoms with Crippen LogP contribution in [0.3, 0.4) is 0 Å². The minimum Gasteiger partial charge on any atom is -0.241 e. The zero-order valence-electron chi connectivity index (χ0n) is 10.4. The molecule has 0 radical (unpaired) electrons. The average Bonchev–Trinajstić information content (AvgIpc) is 2.19. The minimum atomic E-state index is 0.261. The normalized spacial score (nSPS) is 11.7. The van der Waals surface area contributed by atoms with Crippen LogP contribution < -0.4 is 0 Å². The number of nitrogens with zero attached hydrogens (tertiary/aromatic N) is 2. The third kappa shape index (κ3) is 3.01. The first-order chi connectivity index (χ1) is 7.12. The van der Waals surface area contributed by atoms with Gasteiger partial charge in [0.1, 0.15) is 5.82 Å². The molecule has 0 aliphatic rings. The Morgan fingerprint density at radius 2 is 1.53 bits per heavy atom. The maximum Gasteiger partial charge on any atom is 0.125 e. The van der Waals surface area contributed by atoms with Crippen LogP contribution in [0.2, 0.25) is 0 Å². The molecule has 0 aromatic carbocycles. The van der Waals surface area contributed by atoms with E-state index in [0.717, 1.165) is 5.82 Å². The van der Waals surface area contributed by atoms with Gasteiger partial charge < -0.3 is 0 Å². The van der Waals surface area contributed by atoms with E-state index in [1.54, 1.807) is 0 Å². The maximum absolute atomic E-state index is 4.30. The molecule has 0 amide bonds. The van der Waals surface area contributed by atoms with Gasteiger partial charge in [0.15, 0.2) is 0 Å². The predicted octanol–water partition coefficient (Wildman–Crippen LogP) is 3.64. The van der Waals surface area contributed by atoms with Crippen LogP contribution in [-0.4, -0.2) is 9.97 Å². The van der Waals surface area contributed by atoms with Crippen molar-refractivity contribution in [2.45, 2.75) is 58.8 Å². The Bertz CT molecular complexity index is 284. The molecule has 0 atom stereocenters. The Morgan fingerprint density at radius 3 is 1.93 bits per heavy atom. The van der Waals surface area contributed by atoms with Crippen molar-refractivity contribution in [1.29, 1.82) is 0 Å². The van der Waals surface area contributed by atoms with Crippen LogP contribution in [0.4, 0.5) is 0 Å². The number of hydrogen-bond acceptors (Lipinski definition) is 2. The van der Waals surface area contributed by atoms with E-state index in [9.17, 15) is 0 Å². The first kappa shape index (κ1) is 12.2. The van der Waals surface area contributed by atoms with Gasteiger partial charge in [0.25, 0.3) is 0 Å². The summed E-state index contributed by atoms with van der Waals surface area (Å²) in [4.78, 5) is 8.60. The zero-order valence-corrected chi connectivity index (χ0v) is 10.4. The predicted molar refractivity (Wildman–Crippen MR) is 63.9 cm³/mol. The van der Waals surface area contributed by atoms with Crippen LogP contribution in [0.15, 0.2) is 12.4 Å². The maximum atomic E-state index is 4.30. The summed E-state index contributed by atoms with van der Waals surface area (Å²) in [6, 6.07) is 0. The molecule has 0 aliphatic heterocycles. The van der Waals surface area contributed by atoms with Crippen molar-refractivity contribution < 1.29 is 0 Å². The van der Waals surface area contributed by atoms with Crippen molar-refractivity contribution in [3.63, 3.8) is 0 Å². The van der Waals surface area contributed by atoms with Gasteiger partial charge in [-0.3, -0.25) is 0 Å². The Labute approximate surface area is 93.2 Å². The SMILES string of the molecule is CCCC(C)(CCC)c1cnc(C)nc1. The standard InChI is InChI=1S/C13H22N2/c1-5-7-13(4,8-6-2)12-9-14-11(3)15-10-12/h9-10H,5-8H2,1-4H3. The summed E-state index contributed by atoms with van der Waals surface area (Å²) >= 11 is 0. The van der Waals surface area contributed by atoms with Crippen molar-refractivity contribution >= 4 is 0 Å². The van der Waals surface area contributed by atoms with Crippen LogP contribution in [0.5, 0.6) is 0 Å². The fourth-order valence-electron chi connectivity index (χ4n) is 2.22. The van der Waals surface area contributed by atoms with Crippen LogP contribution in [0, 0.1) is 6.92 Å². The van der Waals surface area contributed by atoms with Crippen molar-refractivity contribution in [3.8, 4) is 0 Å². The van der Waals surface area contributed by atoms with Gasteiger partial charge >= 0.3 is 0 Å². The fraction of sp³-hybridized carbons (Fsp3) is 0.692. The lowest BCUT2D eigenvalue weighted by atomic mass is 9.76. The molecule has 0 N–H and O–H groups in total. The van der Waals surface area contributed by atoms with E-state index >= 15 is 0 Å². The van der Waals surface area contributed by atoms with Crippen molar-refractivity contribution in [3.05, 3.63) is 23.8 Å². The number of aryl methyl sites for hydroxylation is 1. The molecule has 1 aromatic rings. The summed E-state index contributed by atoms with van der Waals surface area (Å²) in [6.07, 6.45) is 8.84. The van der Waals surface area contributed by atoms with Crippen molar-refractivity contribution in [1.82, 2.24) is 9.97 Å². The molecule has 2 nitrogen and oxygen atoms in total. The Balaban J connectivity index is 2.92. The molecule has 1 rings (SSSR count). The van der Waals surface area contributed by atoms with Gasteiger partial charge in [-0.2, -0.15) is 0 Å². The summed E-state index contributed by atoms with van der Waals surface area (Å²) < 4.78 is 0. The third-order valence-electron chi connectivity index (χ3n) is 3.08. The summed E-state index contributed by atoms with van der Waals surface area (Å²) in [5.74, 6) is 0.856. The molecule has 0 saturated carbocycles. The largest absolute Gasteiger partial charge is 0.241 e. The molecule has 0 spiro atoms. The van der Waals surface area contributed by atoms with Crippen LogP contribution >= 0.6 is 0 Å². The highest BCUT2D eigenvalue weighted by Gasteiger charge is 2.25. The summed E-state index contributed by atoms with van der Waals surface area (Å²) in [5, 5.41) is 0. The second-order valence-electron chi connectivity index (χ2n) is 4.58. The molecule has 15 heavy (non-hydrogen) atoms. The van der Waals surface area contributed by atoms with Gasteiger partial charge in [-0.15, -0.1) is 0 Å². The highest BCUT2D eigenvalue weighted by Crippen LogP contribution is 2.32. The fourth-order valence-corrected chi connectivity index (χ4v) is 2.22. The molecule has 1 heterocycles. The average molecular weight is 206 g/mol. The van der Waals surface area contributed by atoms with E-state index in [1.807, 2.05) is 19.3 Å². The van der Waals surface area contributed by atoms with E-state index < -0.39 is 0 Å². The van der Waals surface area contributed by atoms with Crippen LogP contribution in [0.1, 0.15) is 57.8 Å². The monoisotopic (exact) mass is 206 g/mol. The molecule has 0 bridgehead atoms. The molecular formula is C13H22N2. The van der Waals surface area contributed by atoms with E-state index in [1.165, 1.54) is 31.2 Å². The van der Waals surface area contributed by atoms with Crippen molar-refractivity contribution in [2.75, 3.05) is 0 Å². The Morgan fingerprint density at radius 1 is 1.07 bits per heavy atom. The van der Waals surface area contributed by atoms with Gasteiger partial charge in [-0.1, -0.05) is 33.6 Å². The number of hydrogen-bond donors (Lipinski definition) is 0. The molecular weight excluding hydrogens is 184 g/mol. The van der Waals surface area contributed by atoms with Crippen LogP contribution in [-0.2, 0) is 5.41 Å². The molecule has 0 fully saturated rings. The minimum absolute atomic E-state index is 0.261. The van der Waals surface area contributed by atoms with E-state index in [2.05, 4.69) is 30.7 Å². The van der Waals surface area contributed by atoms with Gasteiger partial charge in [-0.25, -0.2) is 9.97 Å². The quantitative estimate of drug-likeness (QED) is 0.735. The Hall–Kier alpha value is -0.920. The first-order valence-corrected chi connectivity index (χ1v) is 5.91. The highest BCUT2D eigenvalue weighted by atomic mass is 14.8. The lowest BCUT2D eigenvalue weighted by molar-refractivity contribution is 0.389. The lowest BCUT2D eigenvalue weighted by Gasteiger charge is -2.28. The van der Waals surface area contributed by atoms with E-state index in [4.69, 9.17) is 0 Å². The zero-order chi connectivity index (χ0) is 11.3. The Kier molecular flexibility index (Phi) is 4.25. The second-order valence-corrected chi connectivity index (χ2v) is 4.58. The molecule has 0 unspecified atom stereocenters. The van der Waals surface area contributed by atoms with E-state index in [0.29, 0.717) is 0 Å². The van der Waals surface area contributed by atoms with Crippen LogP contribution in [0.25, 0.3) is 0 Å².